The molecule has 1 aromatic carbocycles. The Balaban J connectivity index is 1.75. The number of ether oxygens (including phenoxy) is 1. The van der Waals surface area contributed by atoms with Crippen LogP contribution >= 0.6 is 0 Å². The summed E-state index contributed by atoms with van der Waals surface area (Å²) in [6.45, 7) is 0.190. The molecular weight excluding hydrogens is 336 g/mol. The number of benzene rings is 1. The van der Waals surface area contributed by atoms with Crippen LogP contribution in [0.5, 0.6) is 5.75 Å². The van der Waals surface area contributed by atoms with Gasteiger partial charge in [0.15, 0.2) is 0 Å². The molecule has 0 saturated carbocycles. The maximum absolute atomic E-state index is 13.2. The lowest BCUT2D eigenvalue weighted by Crippen LogP contribution is -2.49. The molecule has 4 rings (SSSR count). The molecule has 8 heteroatoms. The minimum atomic E-state index is -1.03. The van der Waals surface area contributed by atoms with Crippen molar-refractivity contribution in [1.29, 1.82) is 0 Å². The standard InChI is InChI=1S/C18H18N4O4/c1-21-14-4-3-11(26-2)5-10(14)6-15(21)17(23)22-8-13-12(19-9-20-13)7-16(22)18(24)25/h3-6,9,16H,7-8H2,1-2H3,(H,19,20)(H,24,25)/t16-/m1/s1. The Hall–Kier alpha value is -3.29. The van der Waals surface area contributed by atoms with E-state index in [4.69, 9.17) is 4.74 Å². The predicted molar refractivity (Wildman–Crippen MR) is 93.1 cm³/mol. The Bertz CT molecular complexity index is 1020. The van der Waals surface area contributed by atoms with Crippen LogP contribution in [0.1, 0.15) is 21.9 Å². The molecule has 0 radical (unpaired) electrons. The average Bonchev–Trinajstić information content (AvgIpc) is 3.23. The lowest BCUT2D eigenvalue weighted by Gasteiger charge is -2.32. The third-order valence-corrected chi connectivity index (χ3v) is 4.91. The first kappa shape index (κ1) is 16.2. The number of hydrogen-bond donors (Lipinski definition) is 2. The maximum atomic E-state index is 13.2. The average molecular weight is 354 g/mol. The van der Waals surface area contributed by atoms with Gasteiger partial charge in [0.05, 0.1) is 31.4 Å². The van der Waals surface area contributed by atoms with E-state index in [1.54, 1.807) is 24.8 Å². The number of H-pyrrole nitrogens is 1. The summed E-state index contributed by atoms with van der Waals surface area (Å²) >= 11 is 0. The molecule has 26 heavy (non-hydrogen) atoms. The zero-order chi connectivity index (χ0) is 18.4. The highest BCUT2D eigenvalue weighted by Gasteiger charge is 2.37. The summed E-state index contributed by atoms with van der Waals surface area (Å²) in [4.78, 5) is 33.4. The van der Waals surface area contributed by atoms with Gasteiger partial charge in [0.25, 0.3) is 5.91 Å². The summed E-state index contributed by atoms with van der Waals surface area (Å²) in [6, 6.07) is 6.38. The number of nitrogens with one attached hydrogen (secondary N) is 1. The van der Waals surface area contributed by atoms with Gasteiger partial charge in [0, 0.05) is 24.4 Å². The molecule has 2 N–H and O–H groups in total. The second-order valence-corrected chi connectivity index (χ2v) is 6.33. The van der Waals surface area contributed by atoms with E-state index >= 15 is 0 Å². The van der Waals surface area contributed by atoms with Crippen LogP contribution in [0.15, 0.2) is 30.6 Å². The number of carboxylic acids is 1. The minimum Gasteiger partial charge on any atom is -0.497 e. The number of carboxylic acid groups (broad SMARTS) is 1. The zero-order valence-corrected chi connectivity index (χ0v) is 14.4. The van der Waals surface area contributed by atoms with Crippen LogP contribution in [0, 0.1) is 0 Å². The van der Waals surface area contributed by atoms with Crippen LogP contribution in [0.4, 0.5) is 0 Å². The summed E-state index contributed by atoms with van der Waals surface area (Å²) < 4.78 is 7.01. The van der Waals surface area contributed by atoms with Crippen molar-refractivity contribution in [3.63, 3.8) is 0 Å². The number of aliphatic carboxylic acids is 1. The number of aromatic amines is 1. The Morgan fingerprint density at radius 3 is 2.88 bits per heavy atom. The van der Waals surface area contributed by atoms with Gasteiger partial charge in [-0.2, -0.15) is 0 Å². The Labute approximate surface area is 149 Å². The number of nitrogens with zero attached hydrogens (tertiary/aromatic N) is 3. The zero-order valence-electron chi connectivity index (χ0n) is 14.4. The van der Waals surface area contributed by atoms with Crippen molar-refractivity contribution in [3.8, 4) is 5.75 Å². The number of rotatable bonds is 3. The van der Waals surface area contributed by atoms with Gasteiger partial charge in [0.1, 0.15) is 17.5 Å². The Morgan fingerprint density at radius 1 is 1.35 bits per heavy atom. The van der Waals surface area contributed by atoms with Crippen molar-refractivity contribution in [2.45, 2.75) is 19.0 Å². The summed E-state index contributed by atoms with van der Waals surface area (Å²) in [5.74, 6) is -0.659. The van der Waals surface area contributed by atoms with Gasteiger partial charge < -0.3 is 24.3 Å². The molecule has 3 aromatic rings. The SMILES string of the molecule is COc1ccc2c(c1)cc(C(=O)N1Cc3[nH]cnc3C[C@@H]1C(=O)O)n2C. The fraction of sp³-hybridized carbons (Fsp3) is 0.278. The van der Waals surface area contributed by atoms with Crippen LogP contribution in [0.25, 0.3) is 10.9 Å². The van der Waals surface area contributed by atoms with E-state index in [1.165, 1.54) is 11.2 Å². The number of carbonyl (C=O) groups is 2. The van der Waals surface area contributed by atoms with Gasteiger partial charge in [0.2, 0.25) is 0 Å². The molecule has 0 fully saturated rings. The minimum absolute atomic E-state index is 0.190. The van der Waals surface area contributed by atoms with E-state index < -0.39 is 12.0 Å². The molecule has 0 unspecified atom stereocenters. The first-order valence-electron chi connectivity index (χ1n) is 8.18. The number of amides is 1. The highest BCUT2D eigenvalue weighted by molar-refractivity contribution is 6.00. The highest BCUT2D eigenvalue weighted by atomic mass is 16.5. The molecule has 0 saturated heterocycles. The molecule has 1 amide bonds. The molecule has 134 valence electrons. The van der Waals surface area contributed by atoms with E-state index in [2.05, 4.69) is 9.97 Å². The molecular formula is C18H18N4O4. The second-order valence-electron chi connectivity index (χ2n) is 6.33. The molecule has 1 atom stereocenters. The van der Waals surface area contributed by atoms with Crippen LogP contribution < -0.4 is 4.74 Å². The smallest absolute Gasteiger partial charge is 0.326 e. The van der Waals surface area contributed by atoms with Gasteiger partial charge >= 0.3 is 5.97 Å². The predicted octanol–water partition coefficient (Wildman–Crippen LogP) is 1.56. The molecule has 8 nitrogen and oxygen atoms in total. The molecule has 0 spiro atoms. The third kappa shape index (κ3) is 2.42. The van der Waals surface area contributed by atoms with Crippen LogP contribution in [0.2, 0.25) is 0 Å². The number of hydrogen-bond acceptors (Lipinski definition) is 4. The summed E-state index contributed by atoms with van der Waals surface area (Å²) in [5, 5.41) is 10.5. The van der Waals surface area contributed by atoms with Crippen molar-refractivity contribution in [2.24, 2.45) is 7.05 Å². The number of fused-ring (bicyclic) bond motifs is 2. The van der Waals surface area contributed by atoms with Gasteiger partial charge in [-0.3, -0.25) is 4.79 Å². The number of imidazole rings is 1. The number of aromatic nitrogens is 3. The largest absolute Gasteiger partial charge is 0.497 e. The van der Waals surface area contributed by atoms with Gasteiger partial charge in [-0.15, -0.1) is 0 Å². The second kappa shape index (κ2) is 5.91. The summed E-state index contributed by atoms with van der Waals surface area (Å²) in [6.07, 6.45) is 1.72. The number of carbonyl (C=O) groups excluding carboxylic acids is 1. The molecule has 0 bridgehead atoms. The van der Waals surface area contributed by atoms with Crippen molar-refractivity contribution in [1.82, 2.24) is 19.4 Å². The fourth-order valence-electron chi connectivity index (χ4n) is 3.48. The molecule has 3 heterocycles. The molecule has 1 aliphatic heterocycles. The molecule has 2 aromatic heterocycles. The molecule has 0 aliphatic carbocycles. The van der Waals surface area contributed by atoms with Crippen molar-refractivity contribution < 1.29 is 19.4 Å². The van der Waals surface area contributed by atoms with E-state index in [0.29, 0.717) is 17.1 Å². The van der Waals surface area contributed by atoms with E-state index in [0.717, 1.165) is 16.6 Å². The Kier molecular flexibility index (Phi) is 3.68. The highest BCUT2D eigenvalue weighted by Crippen LogP contribution is 2.27. The third-order valence-electron chi connectivity index (χ3n) is 4.91. The summed E-state index contributed by atoms with van der Waals surface area (Å²) in [7, 11) is 3.38. The van der Waals surface area contributed by atoms with Gasteiger partial charge in [-0.05, 0) is 24.3 Å². The van der Waals surface area contributed by atoms with Crippen LogP contribution in [0.3, 0.4) is 0 Å². The van der Waals surface area contributed by atoms with Crippen molar-refractivity contribution >= 4 is 22.8 Å². The first-order valence-corrected chi connectivity index (χ1v) is 8.18. The fourth-order valence-corrected chi connectivity index (χ4v) is 3.48. The first-order chi connectivity index (χ1) is 12.5. The van der Waals surface area contributed by atoms with Crippen LogP contribution in [-0.4, -0.2) is 49.6 Å². The van der Waals surface area contributed by atoms with Crippen molar-refractivity contribution in [2.75, 3.05) is 7.11 Å². The number of aryl methyl sites for hydroxylation is 1. The topological polar surface area (TPSA) is 100 Å². The normalized spacial score (nSPS) is 16.5. The lowest BCUT2D eigenvalue weighted by atomic mass is 10.0. The maximum Gasteiger partial charge on any atom is 0.326 e. The summed E-state index contributed by atoms with van der Waals surface area (Å²) in [5.41, 5.74) is 2.78. The molecule has 1 aliphatic rings. The van der Waals surface area contributed by atoms with Gasteiger partial charge in [-0.1, -0.05) is 0 Å². The van der Waals surface area contributed by atoms with E-state index in [1.807, 2.05) is 18.2 Å². The number of methoxy groups -OCH3 is 1. The monoisotopic (exact) mass is 354 g/mol. The Morgan fingerprint density at radius 2 is 2.15 bits per heavy atom. The van der Waals surface area contributed by atoms with E-state index in [9.17, 15) is 14.7 Å². The lowest BCUT2D eigenvalue weighted by molar-refractivity contribution is -0.142. The van der Waals surface area contributed by atoms with Gasteiger partial charge in [-0.25, -0.2) is 9.78 Å². The van der Waals surface area contributed by atoms with E-state index in [-0.39, 0.29) is 18.9 Å². The van der Waals surface area contributed by atoms with Crippen molar-refractivity contribution in [3.05, 3.63) is 47.7 Å². The quantitative estimate of drug-likeness (QED) is 0.743. The van der Waals surface area contributed by atoms with Crippen LogP contribution in [-0.2, 0) is 24.8 Å².